The van der Waals surface area contributed by atoms with Gasteiger partial charge in [0.1, 0.15) is 23.1 Å². The van der Waals surface area contributed by atoms with Crippen molar-refractivity contribution in [3.63, 3.8) is 0 Å². The minimum Gasteiger partial charge on any atom is -0.464 e. The van der Waals surface area contributed by atoms with E-state index in [9.17, 15) is 4.79 Å². The van der Waals surface area contributed by atoms with Gasteiger partial charge >= 0.3 is 12.2 Å². The lowest BCUT2D eigenvalue weighted by Crippen LogP contribution is -2.17. The van der Waals surface area contributed by atoms with E-state index in [1.54, 1.807) is 32.2 Å². The summed E-state index contributed by atoms with van der Waals surface area (Å²) in [6.07, 6.45) is 0.682. The monoisotopic (exact) mass is 464 g/mol. The summed E-state index contributed by atoms with van der Waals surface area (Å²) in [6, 6.07) is 14.7. The number of halogens is 1. The zero-order chi connectivity index (χ0) is 23.8. The van der Waals surface area contributed by atoms with Crippen molar-refractivity contribution in [2.24, 2.45) is 0 Å². The largest absolute Gasteiger partial charge is 0.464 e. The van der Waals surface area contributed by atoms with Gasteiger partial charge in [0, 0.05) is 21.5 Å². The summed E-state index contributed by atoms with van der Waals surface area (Å²) in [6.45, 7) is 3.45. The summed E-state index contributed by atoms with van der Waals surface area (Å²) in [4.78, 5) is 28.6. The number of nitrogens with one attached hydrogen (secondary N) is 1. The second-order valence-electron chi connectivity index (χ2n) is 6.67. The Morgan fingerprint density at radius 2 is 1.91 bits per heavy atom. The van der Waals surface area contributed by atoms with Gasteiger partial charge in [-0.05, 0) is 50.1 Å². The molecule has 0 radical (unpaired) electrons. The van der Waals surface area contributed by atoms with Crippen LogP contribution in [0.15, 0.2) is 63.7 Å². The van der Waals surface area contributed by atoms with Gasteiger partial charge < -0.3 is 13.7 Å². The Morgan fingerprint density at radius 1 is 1.15 bits per heavy atom. The number of aromatic nitrogens is 1. The van der Waals surface area contributed by atoms with Crippen molar-refractivity contribution in [3.8, 4) is 11.8 Å². The second-order valence-corrected chi connectivity index (χ2v) is 7.08. The van der Waals surface area contributed by atoms with E-state index in [4.69, 9.17) is 34.9 Å². The highest BCUT2D eigenvalue weighted by atomic mass is 35.5. The Hall–Kier alpha value is -4.31. The fourth-order valence-electron chi connectivity index (χ4n) is 2.92. The molecule has 2 heterocycles. The first kappa shape index (κ1) is 23.4. The quantitative estimate of drug-likeness (QED) is 0.398. The average molecular weight is 465 g/mol. The number of nitrogens with zero attached hydrogens (tertiary/aromatic N) is 1. The van der Waals surface area contributed by atoms with Gasteiger partial charge in [0.2, 0.25) is 5.76 Å². The number of fused-ring (bicyclic) bond motifs is 1. The van der Waals surface area contributed by atoms with Crippen LogP contribution in [-0.4, -0.2) is 17.4 Å². The smallest absolute Gasteiger partial charge is 0.412 e. The maximum atomic E-state index is 12.4. The Kier molecular flexibility index (Phi) is 7.66. The van der Waals surface area contributed by atoms with E-state index < -0.39 is 12.2 Å². The first-order valence-electron chi connectivity index (χ1n) is 9.59. The van der Waals surface area contributed by atoms with Crippen LogP contribution in [0.5, 0.6) is 0 Å². The zero-order valence-corrected chi connectivity index (χ0v) is 18.3. The molecule has 2 aromatic heterocycles. The standard InChI is InChI=1S/C23H17ClN2O4.CO2/c1-14-22(25-23(27)29-15(2)18-5-3-4-6-19(18)24)20(30-26-14)10-8-16-7-9-17-11-12-28-21(17)13-16;2-1-3/h3-7,9,11-13,15H,1-2H3,(H,25,27);. The first-order valence-corrected chi connectivity index (χ1v) is 9.97. The lowest BCUT2D eigenvalue weighted by atomic mass is 10.1. The van der Waals surface area contributed by atoms with Gasteiger partial charge in [0.25, 0.3) is 0 Å². The Balaban J connectivity index is 0.000000968. The van der Waals surface area contributed by atoms with Crippen molar-refractivity contribution in [1.29, 1.82) is 0 Å². The number of aryl methyl sites for hydroxylation is 1. The molecule has 0 saturated heterocycles. The lowest BCUT2D eigenvalue weighted by molar-refractivity contribution is -0.191. The van der Waals surface area contributed by atoms with Crippen molar-refractivity contribution in [1.82, 2.24) is 5.16 Å². The number of ether oxygens (including phenoxy) is 1. The molecule has 8 nitrogen and oxygen atoms in total. The highest BCUT2D eigenvalue weighted by Gasteiger charge is 2.18. The van der Waals surface area contributed by atoms with Gasteiger partial charge in [-0.2, -0.15) is 9.59 Å². The highest BCUT2D eigenvalue weighted by Crippen LogP contribution is 2.26. The fourth-order valence-corrected chi connectivity index (χ4v) is 3.21. The molecule has 4 rings (SSSR count). The molecular weight excluding hydrogens is 448 g/mol. The van der Waals surface area contributed by atoms with E-state index in [-0.39, 0.29) is 11.9 Å². The zero-order valence-electron chi connectivity index (χ0n) is 17.5. The number of rotatable bonds is 3. The molecular formula is C24H17ClN2O6. The maximum Gasteiger partial charge on any atom is 0.412 e. The molecule has 166 valence electrons. The topological polar surface area (TPSA) is 112 Å². The highest BCUT2D eigenvalue weighted by molar-refractivity contribution is 6.31. The van der Waals surface area contributed by atoms with Crippen LogP contribution >= 0.6 is 11.6 Å². The van der Waals surface area contributed by atoms with Gasteiger partial charge in [-0.15, -0.1) is 0 Å². The summed E-state index contributed by atoms with van der Waals surface area (Å²) in [5.74, 6) is 6.12. The number of amides is 1. The van der Waals surface area contributed by atoms with E-state index in [1.807, 2.05) is 36.4 Å². The van der Waals surface area contributed by atoms with Gasteiger partial charge in [0.05, 0.1) is 6.26 Å². The minimum atomic E-state index is -0.659. The number of hydrogen-bond donors (Lipinski definition) is 1. The molecule has 0 saturated carbocycles. The van der Waals surface area contributed by atoms with Crippen LogP contribution in [0.1, 0.15) is 35.6 Å². The van der Waals surface area contributed by atoms with E-state index in [1.165, 1.54) is 0 Å². The predicted molar refractivity (Wildman–Crippen MR) is 118 cm³/mol. The summed E-state index contributed by atoms with van der Waals surface area (Å²) in [5.41, 5.74) is 3.05. The van der Waals surface area contributed by atoms with Gasteiger partial charge in [0.15, 0.2) is 0 Å². The third kappa shape index (κ3) is 5.89. The summed E-state index contributed by atoms with van der Waals surface area (Å²) < 4.78 is 16.1. The number of anilines is 1. The van der Waals surface area contributed by atoms with E-state index in [0.29, 0.717) is 22.0 Å². The molecule has 0 spiro atoms. The molecule has 1 N–H and O–H groups in total. The van der Waals surface area contributed by atoms with Crippen LogP contribution < -0.4 is 5.32 Å². The lowest BCUT2D eigenvalue weighted by Gasteiger charge is -2.15. The van der Waals surface area contributed by atoms with Crippen LogP contribution in [0.3, 0.4) is 0 Å². The van der Waals surface area contributed by atoms with Gasteiger partial charge in [-0.3, -0.25) is 5.32 Å². The van der Waals surface area contributed by atoms with Gasteiger partial charge in [-0.1, -0.05) is 40.9 Å². The molecule has 2 aromatic carbocycles. The van der Waals surface area contributed by atoms with Crippen LogP contribution in [0, 0.1) is 18.8 Å². The van der Waals surface area contributed by atoms with Crippen LogP contribution in [0.25, 0.3) is 11.0 Å². The first-order chi connectivity index (χ1) is 15.9. The van der Waals surface area contributed by atoms with E-state index in [2.05, 4.69) is 22.3 Å². The van der Waals surface area contributed by atoms with Crippen LogP contribution in [-0.2, 0) is 14.3 Å². The molecule has 1 atom stereocenters. The van der Waals surface area contributed by atoms with Crippen LogP contribution in [0.2, 0.25) is 5.02 Å². The molecule has 9 heteroatoms. The van der Waals surface area contributed by atoms with Crippen molar-refractivity contribution < 1.29 is 28.1 Å². The Morgan fingerprint density at radius 3 is 2.67 bits per heavy atom. The fraction of sp³-hybridized carbons (Fsp3) is 0.125. The van der Waals surface area contributed by atoms with Crippen LogP contribution in [0.4, 0.5) is 10.5 Å². The number of benzene rings is 2. The van der Waals surface area contributed by atoms with Crippen molar-refractivity contribution in [2.45, 2.75) is 20.0 Å². The SMILES string of the molecule is Cc1noc(C#Cc2ccc3ccoc3c2)c1NC(=O)OC(C)c1ccccc1Cl.O=C=O. The summed E-state index contributed by atoms with van der Waals surface area (Å²) >= 11 is 6.16. The van der Waals surface area contributed by atoms with E-state index >= 15 is 0 Å². The summed E-state index contributed by atoms with van der Waals surface area (Å²) in [5, 5.41) is 8.07. The normalized spacial score (nSPS) is 10.8. The third-order valence-electron chi connectivity index (χ3n) is 4.49. The molecule has 0 aliphatic heterocycles. The average Bonchev–Trinajstić information content (AvgIpc) is 3.39. The number of carbonyl (C=O) groups is 1. The molecule has 0 aliphatic rings. The number of hydrogen-bond acceptors (Lipinski definition) is 7. The predicted octanol–water partition coefficient (Wildman–Crippen LogP) is 5.51. The number of carbonyl (C=O) groups excluding carboxylic acids is 3. The third-order valence-corrected chi connectivity index (χ3v) is 4.84. The van der Waals surface area contributed by atoms with Crippen molar-refractivity contribution in [3.05, 3.63) is 82.4 Å². The molecule has 0 bridgehead atoms. The Labute approximate surface area is 193 Å². The van der Waals surface area contributed by atoms with Gasteiger partial charge in [-0.25, -0.2) is 4.79 Å². The minimum absolute atomic E-state index is 0.231. The molecule has 0 aliphatic carbocycles. The molecule has 1 amide bonds. The molecule has 1 unspecified atom stereocenters. The maximum absolute atomic E-state index is 12.4. The van der Waals surface area contributed by atoms with E-state index in [0.717, 1.165) is 16.5 Å². The second kappa shape index (κ2) is 10.8. The van der Waals surface area contributed by atoms with Crippen molar-refractivity contribution in [2.75, 3.05) is 5.32 Å². The molecule has 4 aromatic rings. The number of furan rings is 1. The Bertz CT molecular complexity index is 1370. The molecule has 0 fully saturated rings. The molecule has 33 heavy (non-hydrogen) atoms. The van der Waals surface area contributed by atoms with Crippen molar-refractivity contribution >= 4 is 40.5 Å². The summed E-state index contributed by atoms with van der Waals surface area (Å²) in [7, 11) is 0.